The van der Waals surface area contributed by atoms with Crippen LogP contribution in [0.1, 0.15) is 0 Å². The molecule has 6 nitrogen and oxygen atoms in total. The van der Waals surface area contributed by atoms with Gasteiger partial charge in [0.1, 0.15) is 5.75 Å². The van der Waals surface area contributed by atoms with Crippen LogP contribution in [0.2, 0.25) is 10.0 Å². The molecule has 0 aliphatic carbocycles. The van der Waals surface area contributed by atoms with Crippen molar-refractivity contribution >= 4 is 46.6 Å². The number of anilines is 1. The highest BCUT2D eigenvalue weighted by atomic mass is 35.5. The molecule has 1 heterocycles. The van der Waals surface area contributed by atoms with Crippen LogP contribution in [0.25, 0.3) is 11.4 Å². The fourth-order valence-corrected chi connectivity index (χ4v) is 3.56. The van der Waals surface area contributed by atoms with E-state index in [2.05, 4.69) is 15.5 Å². The zero-order valence-corrected chi connectivity index (χ0v) is 16.9. The van der Waals surface area contributed by atoms with Gasteiger partial charge in [-0.1, -0.05) is 41.0 Å². The summed E-state index contributed by atoms with van der Waals surface area (Å²) in [5.41, 5.74) is 1.31. The number of amides is 1. The molecule has 0 saturated heterocycles. The third-order valence-electron chi connectivity index (χ3n) is 3.74. The highest BCUT2D eigenvalue weighted by molar-refractivity contribution is 7.99. The first-order valence-corrected chi connectivity index (χ1v) is 9.64. The second-order valence-electron chi connectivity index (χ2n) is 5.53. The van der Waals surface area contributed by atoms with Crippen molar-refractivity contribution in [3.63, 3.8) is 0 Å². The van der Waals surface area contributed by atoms with Crippen molar-refractivity contribution in [2.45, 2.75) is 5.16 Å². The lowest BCUT2D eigenvalue weighted by atomic mass is 10.2. The molecular weight excluding hydrogens is 407 g/mol. The van der Waals surface area contributed by atoms with Crippen molar-refractivity contribution in [3.05, 3.63) is 52.5 Å². The topological polar surface area (TPSA) is 69.0 Å². The second kappa shape index (κ2) is 8.65. The maximum absolute atomic E-state index is 12.2. The maximum atomic E-state index is 12.2. The van der Waals surface area contributed by atoms with E-state index in [4.69, 9.17) is 27.9 Å². The molecule has 0 radical (unpaired) electrons. The Morgan fingerprint density at radius 2 is 1.81 bits per heavy atom. The van der Waals surface area contributed by atoms with E-state index in [1.165, 1.54) is 11.8 Å². The van der Waals surface area contributed by atoms with Crippen molar-refractivity contribution in [2.24, 2.45) is 7.05 Å². The molecule has 0 aliphatic rings. The minimum Gasteiger partial charge on any atom is -0.497 e. The van der Waals surface area contributed by atoms with Crippen molar-refractivity contribution in [3.8, 4) is 17.1 Å². The van der Waals surface area contributed by atoms with E-state index in [1.807, 2.05) is 35.9 Å². The van der Waals surface area contributed by atoms with Crippen molar-refractivity contribution in [1.29, 1.82) is 0 Å². The monoisotopic (exact) mass is 422 g/mol. The lowest BCUT2D eigenvalue weighted by molar-refractivity contribution is -0.113. The SMILES string of the molecule is COc1ccc(-c2nnc(SCC(=O)Nc3c(Cl)cccc3Cl)n2C)cc1. The maximum Gasteiger partial charge on any atom is 0.234 e. The van der Waals surface area contributed by atoms with Crippen LogP contribution >= 0.6 is 35.0 Å². The van der Waals surface area contributed by atoms with Gasteiger partial charge in [0.05, 0.1) is 28.6 Å². The largest absolute Gasteiger partial charge is 0.497 e. The molecule has 0 aliphatic heterocycles. The van der Waals surface area contributed by atoms with E-state index in [0.717, 1.165) is 11.3 Å². The number of carbonyl (C=O) groups excluding carboxylic acids is 1. The van der Waals surface area contributed by atoms with Gasteiger partial charge in [-0.3, -0.25) is 4.79 Å². The first kappa shape index (κ1) is 19.5. The van der Waals surface area contributed by atoms with Gasteiger partial charge in [-0.05, 0) is 36.4 Å². The highest BCUT2D eigenvalue weighted by Gasteiger charge is 2.14. The second-order valence-corrected chi connectivity index (χ2v) is 7.28. The summed E-state index contributed by atoms with van der Waals surface area (Å²) in [4.78, 5) is 12.2. The Kier molecular flexibility index (Phi) is 6.26. The van der Waals surface area contributed by atoms with Gasteiger partial charge >= 0.3 is 0 Å². The fraction of sp³-hybridized carbons (Fsp3) is 0.167. The number of hydrogen-bond acceptors (Lipinski definition) is 5. The van der Waals surface area contributed by atoms with Gasteiger partial charge in [0.25, 0.3) is 0 Å². The third-order valence-corrected chi connectivity index (χ3v) is 5.39. The number of methoxy groups -OCH3 is 1. The first-order chi connectivity index (χ1) is 13.0. The minimum atomic E-state index is -0.232. The number of benzene rings is 2. The number of thioether (sulfide) groups is 1. The number of nitrogens with zero attached hydrogens (tertiary/aromatic N) is 3. The predicted molar refractivity (Wildman–Crippen MR) is 109 cm³/mol. The molecule has 0 atom stereocenters. The molecule has 2 aromatic carbocycles. The van der Waals surface area contributed by atoms with Crippen molar-refractivity contribution in [2.75, 3.05) is 18.2 Å². The Morgan fingerprint density at radius 1 is 1.15 bits per heavy atom. The van der Waals surface area contributed by atoms with E-state index in [0.29, 0.717) is 26.7 Å². The normalized spacial score (nSPS) is 10.7. The summed E-state index contributed by atoms with van der Waals surface area (Å²) < 4.78 is 7.00. The summed E-state index contributed by atoms with van der Waals surface area (Å²) in [5.74, 6) is 1.39. The Bertz CT molecular complexity index is 940. The molecule has 0 spiro atoms. The molecule has 0 fully saturated rings. The Hall–Kier alpha value is -2.22. The number of rotatable bonds is 6. The lowest BCUT2D eigenvalue weighted by Crippen LogP contribution is -2.15. The minimum absolute atomic E-state index is 0.149. The Balaban J connectivity index is 1.66. The average Bonchev–Trinajstić information content (AvgIpc) is 3.04. The van der Waals surface area contributed by atoms with Crippen LogP contribution in [0.5, 0.6) is 5.75 Å². The summed E-state index contributed by atoms with van der Waals surface area (Å²) in [6.45, 7) is 0. The first-order valence-electron chi connectivity index (χ1n) is 7.90. The van der Waals surface area contributed by atoms with E-state index in [-0.39, 0.29) is 11.7 Å². The summed E-state index contributed by atoms with van der Waals surface area (Å²) >= 11 is 13.4. The standard InChI is InChI=1S/C18H16Cl2N4O2S/c1-24-17(11-6-8-12(26-2)9-7-11)22-23-18(24)27-10-15(25)21-16-13(19)4-3-5-14(16)20/h3-9H,10H2,1-2H3,(H,21,25). The van der Waals surface area contributed by atoms with Gasteiger partial charge in [0, 0.05) is 12.6 Å². The zero-order valence-electron chi connectivity index (χ0n) is 14.6. The van der Waals surface area contributed by atoms with E-state index in [9.17, 15) is 4.79 Å². The van der Waals surface area contributed by atoms with Gasteiger partial charge in [-0.15, -0.1) is 10.2 Å². The van der Waals surface area contributed by atoms with Gasteiger partial charge < -0.3 is 14.6 Å². The molecule has 0 bridgehead atoms. The van der Waals surface area contributed by atoms with Crippen LogP contribution in [-0.2, 0) is 11.8 Å². The van der Waals surface area contributed by atoms with E-state index >= 15 is 0 Å². The summed E-state index contributed by atoms with van der Waals surface area (Å²) in [5, 5.41) is 12.5. The van der Waals surface area contributed by atoms with Crippen LogP contribution in [-0.4, -0.2) is 33.5 Å². The van der Waals surface area contributed by atoms with Crippen molar-refractivity contribution < 1.29 is 9.53 Å². The number of halogens is 2. The third kappa shape index (κ3) is 4.55. The number of para-hydroxylation sites is 1. The number of aromatic nitrogens is 3. The molecule has 27 heavy (non-hydrogen) atoms. The molecule has 140 valence electrons. The molecule has 0 unspecified atom stereocenters. The van der Waals surface area contributed by atoms with Crippen LogP contribution < -0.4 is 10.1 Å². The average molecular weight is 423 g/mol. The Morgan fingerprint density at radius 3 is 2.44 bits per heavy atom. The van der Waals surface area contributed by atoms with Crippen molar-refractivity contribution in [1.82, 2.24) is 14.8 Å². The number of ether oxygens (including phenoxy) is 1. The molecule has 3 rings (SSSR count). The molecule has 1 amide bonds. The lowest BCUT2D eigenvalue weighted by Gasteiger charge is -2.09. The van der Waals surface area contributed by atoms with Gasteiger partial charge in [0.2, 0.25) is 5.91 Å². The zero-order chi connectivity index (χ0) is 19.4. The molecular formula is C18H16Cl2N4O2S. The van der Waals surface area contributed by atoms with Gasteiger partial charge in [0.15, 0.2) is 11.0 Å². The number of carbonyl (C=O) groups is 1. The smallest absolute Gasteiger partial charge is 0.234 e. The quantitative estimate of drug-likeness (QED) is 0.590. The molecule has 1 N–H and O–H groups in total. The molecule has 1 aromatic heterocycles. The van der Waals surface area contributed by atoms with Crippen LogP contribution in [0, 0.1) is 0 Å². The predicted octanol–water partition coefficient (Wildman–Crippen LogP) is 4.53. The van der Waals surface area contributed by atoms with Gasteiger partial charge in [-0.25, -0.2) is 0 Å². The fourth-order valence-electron chi connectivity index (χ4n) is 2.35. The molecule has 3 aromatic rings. The van der Waals surface area contributed by atoms with E-state index < -0.39 is 0 Å². The summed E-state index contributed by atoms with van der Waals surface area (Å²) in [7, 11) is 3.47. The van der Waals surface area contributed by atoms with Crippen LogP contribution in [0.4, 0.5) is 5.69 Å². The molecule has 0 saturated carbocycles. The molecule has 9 heteroatoms. The number of nitrogens with one attached hydrogen (secondary N) is 1. The summed E-state index contributed by atoms with van der Waals surface area (Å²) in [6.07, 6.45) is 0. The van der Waals surface area contributed by atoms with E-state index in [1.54, 1.807) is 25.3 Å². The summed E-state index contributed by atoms with van der Waals surface area (Å²) in [6, 6.07) is 12.6. The van der Waals surface area contributed by atoms with Crippen LogP contribution in [0.15, 0.2) is 47.6 Å². The number of hydrogen-bond donors (Lipinski definition) is 1. The van der Waals surface area contributed by atoms with Crippen LogP contribution in [0.3, 0.4) is 0 Å². The van der Waals surface area contributed by atoms with Gasteiger partial charge in [-0.2, -0.15) is 0 Å². The highest BCUT2D eigenvalue weighted by Crippen LogP contribution is 2.30. The Labute approximate surface area is 170 Å².